The lowest BCUT2D eigenvalue weighted by Crippen LogP contribution is -2.43. The Bertz CT molecular complexity index is 740. The minimum Gasteiger partial charge on any atom is -0.393 e. The molecule has 4 N–H and O–H groups in total. The first-order chi connectivity index (χ1) is 12.0. The van der Waals surface area contributed by atoms with E-state index in [2.05, 4.69) is 19.9 Å². The lowest BCUT2D eigenvalue weighted by Gasteiger charge is -2.38. The van der Waals surface area contributed by atoms with Crippen molar-refractivity contribution in [3.63, 3.8) is 0 Å². The standard InChI is InChI=1S/C18H23N5O2/c19-17-21-14(12-9-13(24)10-12)11-16(22-17)23-7-4-18(25,5-8-23)15-3-1-2-6-20-15/h1-3,6,11-13,24-25H,4-5,7-10H2,(H2,19,21,22). The van der Waals surface area contributed by atoms with Crippen molar-refractivity contribution in [1.82, 2.24) is 15.0 Å². The number of piperidine rings is 1. The molecule has 7 heteroatoms. The van der Waals surface area contributed by atoms with Crippen molar-refractivity contribution in [2.24, 2.45) is 0 Å². The summed E-state index contributed by atoms with van der Waals surface area (Å²) in [6.07, 6.45) is 4.12. The molecule has 0 unspecified atom stereocenters. The lowest BCUT2D eigenvalue weighted by molar-refractivity contribution is 0.00748. The Morgan fingerprint density at radius 1 is 1.16 bits per heavy atom. The molecule has 0 bridgehead atoms. The first kappa shape index (κ1) is 16.2. The summed E-state index contributed by atoms with van der Waals surface area (Å²) in [7, 11) is 0. The fourth-order valence-electron chi connectivity index (χ4n) is 3.67. The predicted octanol–water partition coefficient (Wildman–Crippen LogP) is 1.18. The number of pyridine rings is 1. The molecule has 1 saturated heterocycles. The van der Waals surface area contributed by atoms with Crippen LogP contribution < -0.4 is 10.6 Å². The summed E-state index contributed by atoms with van der Waals surface area (Å²) in [5.41, 5.74) is 6.62. The number of aliphatic hydroxyl groups excluding tert-OH is 1. The Kier molecular flexibility index (Phi) is 4.05. The van der Waals surface area contributed by atoms with Gasteiger partial charge in [0.2, 0.25) is 5.95 Å². The van der Waals surface area contributed by atoms with Crippen molar-refractivity contribution in [1.29, 1.82) is 0 Å². The highest BCUT2D eigenvalue weighted by molar-refractivity contribution is 5.45. The van der Waals surface area contributed by atoms with Crippen molar-refractivity contribution >= 4 is 11.8 Å². The molecule has 3 heterocycles. The molecule has 2 aromatic rings. The van der Waals surface area contributed by atoms with Gasteiger partial charge in [0, 0.05) is 31.3 Å². The molecular formula is C18H23N5O2. The van der Waals surface area contributed by atoms with E-state index < -0.39 is 5.60 Å². The summed E-state index contributed by atoms with van der Waals surface area (Å²) in [6, 6.07) is 7.60. The molecule has 0 spiro atoms. The summed E-state index contributed by atoms with van der Waals surface area (Å²) >= 11 is 0. The van der Waals surface area contributed by atoms with Gasteiger partial charge >= 0.3 is 0 Å². The third-order valence-electron chi connectivity index (χ3n) is 5.34. The van der Waals surface area contributed by atoms with Crippen LogP contribution in [-0.2, 0) is 5.60 Å². The van der Waals surface area contributed by atoms with Gasteiger partial charge in [-0.15, -0.1) is 0 Å². The Labute approximate surface area is 146 Å². The molecule has 2 aromatic heterocycles. The SMILES string of the molecule is Nc1nc(C2CC(O)C2)cc(N2CCC(O)(c3ccccn3)CC2)n1. The molecule has 2 fully saturated rings. The van der Waals surface area contributed by atoms with E-state index >= 15 is 0 Å². The van der Waals surface area contributed by atoms with Crippen LogP contribution in [0.2, 0.25) is 0 Å². The molecule has 0 atom stereocenters. The van der Waals surface area contributed by atoms with E-state index in [0.717, 1.165) is 30.0 Å². The van der Waals surface area contributed by atoms with Crippen molar-refractivity contribution in [2.45, 2.75) is 43.3 Å². The molecule has 132 valence electrons. The first-order valence-electron chi connectivity index (χ1n) is 8.75. The molecule has 4 rings (SSSR count). The number of aliphatic hydroxyl groups is 2. The molecule has 25 heavy (non-hydrogen) atoms. The van der Waals surface area contributed by atoms with Crippen molar-refractivity contribution in [3.05, 3.63) is 41.9 Å². The fourth-order valence-corrected chi connectivity index (χ4v) is 3.67. The van der Waals surface area contributed by atoms with Gasteiger partial charge in [0.15, 0.2) is 0 Å². The van der Waals surface area contributed by atoms with Crippen LogP contribution >= 0.6 is 0 Å². The molecule has 1 aliphatic carbocycles. The molecule has 7 nitrogen and oxygen atoms in total. The van der Waals surface area contributed by atoms with E-state index in [9.17, 15) is 10.2 Å². The molecule has 0 amide bonds. The van der Waals surface area contributed by atoms with E-state index in [1.165, 1.54) is 0 Å². The van der Waals surface area contributed by atoms with Crippen molar-refractivity contribution in [3.8, 4) is 0 Å². The second-order valence-electron chi connectivity index (χ2n) is 7.06. The van der Waals surface area contributed by atoms with E-state index in [4.69, 9.17) is 5.73 Å². The van der Waals surface area contributed by atoms with E-state index in [-0.39, 0.29) is 18.0 Å². The lowest BCUT2D eigenvalue weighted by atomic mass is 9.80. The molecule has 1 aliphatic heterocycles. The highest BCUT2D eigenvalue weighted by Gasteiger charge is 2.36. The van der Waals surface area contributed by atoms with Crippen LogP contribution in [0.15, 0.2) is 30.5 Å². The normalized spacial score (nSPS) is 25.4. The van der Waals surface area contributed by atoms with Crippen LogP contribution in [0.5, 0.6) is 0 Å². The fraction of sp³-hybridized carbons (Fsp3) is 0.500. The summed E-state index contributed by atoms with van der Waals surface area (Å²) in [5, 5.41) is 20.4. The summed E-state index contributed by atoms with van der Waals surface area (Å²) in [5.74, 6) is 1.32. The predicted molar refractivity (Wildman–Crippen MR) is 94.0 cm³/mol. The number of hydrogen-bond acceptors (Lipinski definition) is 7. The Balaban J connectivity index is 1.49. The first-order valence-corrected chi connectivity index (χ1v) is 8.75. The zero-order chi connectivity index (χ0) is 17.4. The topological polar surface area (TPSA) is 108 Å². The van der Waals surface area contributed by atoms with E-state index in [0.29, 0.717) is 25.9 Å². The van der Waals surface area contributed by atoms with Gasteiger partial charge in [-0.05, 0) is 37.8 Å². The van der Waals surface area contributed by atoms with Gasteiger partial charge in [0.05, 0.1) is 17.5 Å². The van der Waals surface area contributed by atoms with Crippen LogP contribution in [-0.4, -0.2) is 44.4 Å². The zero-order valence-electron chi connectivity index (χ0n) is 14.0. The number of anilines is 2. The maximum atomic E-state index is 10.9. The second kappa shape index (κ2) is 6.24. The number of hydrogen-bond donors (Lipinski definition) is 3. The van der Waals surface area contributed by atoms with Crippen LogP contribution in [0.4, 0.5) is 11.8 Å². The molecule has 1 saturated carbocycles. The van der Waals surface area contributed by atoms with Gasteiger partial charge in [-0.3, -0.25) is 4.98 Å². The zero-order valence-corrected chi connectivity index (χ0v) is 14.0. The monoisotopic (exact) mass is 341 g/mol. The van der Waals surface area contributed by atoms with Crippen LogP contribution in [0.25, 0.3) is 0 Å². The molecule has 2 aliphatic rings. The summed E-state index contributed by atoms with van der Waals surface area (Å²) in [6.45, 7) is 1.35. The Morgan fingerprint density at radius 3 is 2.56 bits per heavy atom. The number of nitrogens with zero attached hydrogens (tertiary/aromatic N) is 4. The summed E-state index contributed by atoms with van der Waals surface area (Å²) in [4.78, 5) is 15.1. The molecule has 0 radical (unpaired) electrons. The highest BCUT2D eigenvalue weighted by Crippen LogP contribution is 2.38. The number of nitrogens with two attached hydrogens (primary N) is 1. The van der Waals surface area contributed by atoms with E-state index in [1.54, 1.807) is 6.20 Å². The minimum atomic E-state index is -0.892. The van der Waals surface area contributed by atoms with E-state index in [1.807, 2.05) is 24.3 Å². The Hall–Kier alpha value is -2.25. The number of aromatic nitrogens is 3. The maximum Gasteiger partial charge on any atom is 0.222 e. The van der Waals surface area contributed by atoms with Crippen LogP contribution in [0.1, 0.15) is 43.0 Å². The van der Waals surface area contributed by atoms with Crippen LogP contribution in [0.3, 0.4) is 0 Å². The maximum absolute atomic E-state index is 10.9. The van der Waals surface area contributed by atoms with Crippen molar-refractivity contribution < 1.29 is 10.2 Å². The quantitative estimate of drug-likeness (QED) is 0.769. The van der Waals surface area contributed by atoms with Gasteiger partial charge in [-0.25, -0.2) is 4.98 Å². The highest BCUT2D eigenvalue weighted by atomic mass is 16.3. The van der Waals surface area contributed by atoms with Gasteiger partial charge in [0.25, 0.3) is 0 Å². The molecular weight excluding hydrogens is 318 g/mol. The third kappa shape index (κ3) is 3.17. The average Bonchev–Trinajstić information content (AvgIpc) is 2.60. The summed E-state index contributed by atoms with van der Waals surface area (Å²) < 4.78 is 0. The van der Waals surface area contributed by atoms with Gasteiger partial charge in [0.1, 0.15) is 11.4 Å². The number of rotatable bonds is 3. The average molecular weight is 341 g/mol. The molecule has 0 aromatic carbocycles. The minimum absolute atomic E-state index is 0.229. The van der Waals surface area contributed by atoms with Gasteiger partial charge in [-0.2, -0.15) is 4.98 Å². The van der Waals surface area contributed by atoms with Gasteiger partial charge < -0.3 is 20.8 Å². The third-order valence-corrected chi connectivity index (χ3v) is 5.34. The van der Waals surface area contributed by atoms with Crippen molar-refractivity contribution in [2.75, 3.05) is 23.7 Å². The largest absolute Gasteiger partial charge is 0.393 e. The number of nitrogen functional groups attached to an aromatic ring is 1. The second-order valence-corrected chi connectivity index (χ2v) is 7.06. The van der Waals surface area contributed by atoms with Gasteiger partial charge in [-0.1, -0.05) is 6.07 Å². The smallest absolute Gasteiger partial charge is 0.222 e. The van der Waals surface area contributed by atoms with Crippen LogP contribution in [0, 0.1) is 0 Å². The Morgan fingerprint density at radius 2 is 1.92 bits per heavy atom.